The molecule has 96 valence electrons. The fraction of sp³-hybridized carbons (Fsp3) is 0.357. The first-order valence-corrected chi connectivity index (χ1v) is 6.44. The van der Waals surface area contributed by atoms with Crippen molar-refractivity contribution in [1.29, 1.82) is 0 Å². The van der Waals surface area contributed by atoms with E-state index in [0.29, 0.717) is 5.02 Å². The molecule has 0 aliphatic heterocycles. The number of hydrogen-bond donors (Lipinski definition) is 1. The van der Waals surface area contributed by atoms with Crippen LogP contribution in [-0.2, 0) is 7.05 Å². The summed E-state index contributed by atoms with van der Waals surface area (Å²) in [6.45, 7) is 4.65. The number of likely N-dealkylation sites (N-methyl/N-ethyl adjacent to an activating group) is 1. The summed E-state index contributed by atoms with van der Waals surface area (Å²) in [5.74, 6) is 0.102. The molecule has 1 N–H and O–H groups in total. The normalized spacial score (nSPS) is 12.9. The number of benzene rings is 1. The van der Waals surface area contributed by atoms with Gasteiger partial charge in [0.05, 0.1) is 6.04 Å². The summed E-state index contributed by atoms with van der Waals surface area (Å²) in [5, 5.41) is 4.71. The maximum Gasteiger partial charge on any atom is 0.181 e. The van der Waals surface area contributed by atoms with Gasteiger partial charge < -0.3 is 9.88 Å². The van der Waals surface area contributed by atoms with Crippen molar-refractivity contribution in [2.45, 2.75) is 19.9 Å². The number of hydrogen-bond acceptors (Lipinski definition) is 2. The van der Waals surface area contributed by atoms with Crippen molar-refractivity contribution in [3.05, 3.63) is 35.0 Å². The van der Waals surface area contributed by atoms with E-state index in [2.05, 4.69) is 5.32 Å². The minimum Gasteiger partial charge on any atom is -0.350 e. The summed E-state index contributed by atoms with van der Waals surface area (Å²) >= 11 is 6.01. The largest absolute Gasteiger partial charge is 0.350 e. The van der Waals surface area contributed by atoms with E-state index < -0.39 is 0 Å². The van der Waals surface area contributed by atoms with Gasteiger partial charge in [0.1, 0.15) is 0 Å². The Balaban J connectivity index is 2.51. The molecule has 0 aliphatic rings. The monoisotopic (exact) mass is 264 g/mol. The van der Waals surface area contributed by atoms with Crippen LogP contribution in [0.3, 0.4) is 0 Å². The Bertz CT molecular complexity index is 589. The Kier molecular flexibility index (Phi) is 3.73. The van der Waals surface area contributed by atoms with Gasteiger partial charge in [-0.3, -0.25) is 4.79 Å². The third kappa shape index (κ3) is 2.28. The molecule has 1 aromatic carbocycles. The third-order valence-electron chi connectivity index (χ3n) is 3.12. The second-order valence-electron chi connectivity index (χ2n) is 4.46. The molecule has 0 radical (unpaired) electrons. The van der Waals surface area contributed by atoms with Gasteiger partial charge in [0.25, 0.3) is 0 Å². The van der Waals surface area contributed by atoms with E-state index in [1.807, 2.05) is 49.9 Å². The van der Waals surface area contributed by atoms with Crippen molar-refractivity contribution in [1.82, 2.24) is 9.88 Å². The molecule has 0 saturated heterocycles. The molecule has 1 unspecified atom stereocenters. The fourth-order valence-electron chi connectivity index (χ4n) is 2.19. The average Bonchev–Trinajstić information content (AvgIpc) is 2.65. The zero-order valence-corrected chi connectivity index (χ0v) is 11.6. The molecule has 0 spiro atoms. The number of nitrogens with zero attached hydrogens (tertiary/aromatic N) is 1. The van der Waals surface area contributed by atoms with E-state index >= 15 is 0 Å². The standard InChI is InChI=1S/C14H17ClN2O/c1-4-16-9(2)14(18)12-8-17(3)13-6-5-10(15)7-11(12)13/h5-9,16H,4H2,1-3H3. The first-order chi connectivity index (χ1) is 8.54. The summed E-state index contributed by atoms with van der Waals surface area (Å²) < 4.78 is 1.96. The summed E-state index contributed by atoms with van der Waals surface area (Å²) in [4.78, 5) is 12.4. The highest BCUT2D eigenvalue weighted by Gasteiger charge is 2.19. The maximum atomic E-state index is 12.4. The highest BCUT2D eigenvalue weighted by atomic mass is 35.5. The van der Waals surface area contributed by atoms with Crippen LogP contribution in [0.15, 0.2) is 24.4 Å². The predicted octanol–water partition coefficient (Wildman–Crippen LogP) is 3.01. The zero-order valence-electron chi connectivity index (χ0n) is 10.8. The predicted molar refractivity (Wildman–Crippen MR) is 75.4 cm³/mol. The molecule has 0 amide bonds. The van der Waals surface area contributed by atoms with Gasteiger partial charge in [-0.2, -0.15) is 0 Å². The van der Waals surface area contributed by atoms with Gasteiger partial charge in [0, 0.05) is 34.7 Å². The molecule has 0 fully saturated rings. The lowest BCUT2D eigenvalue weighted by molar-refractivity contribution is 0.0953. The van der Waals surface area contributed by atoms with Crippen LogP contribution in [0.4, 0.5) is 0 Å². The first-order valence-electron chi connectivity index (χ1n) is 6.06. The second-order valence-corrected chi connectivity index (χ2v) is 4.90. The van der Waals surface area contributed by atoms with Gasteiger partial charge in [-0.15, -0.1) is 0 Å². The smallest absolute Gasteiger partial charge is 0.181 e. The number of nitrogens with one attached hydrogen (secondary N) is 1. The topological polar surface area (TPSA) is 34.0 Å². The number of carbonyl (C=O) groups is 1. The van der Waals surface area contributed by atoms with Gasteiger partial charge >= 0.3 is 0 Å². The van der Waals surface area contributed by atoms with Gasteiger partial charge in [-0.1, -0.05) is 18.5 Å². The van der Waals surface area contributed by atoms with Crippen LogP contribution < -0.4 is 5.32 Å². The van der Waals surface area contributed by atoms with Crippen LogP contribution in [-0.4, -0.2) is 22.9 Å². The molecule has 0 aliphatic carbocycles. The minimum absolute atomic E-state index is 0.102. The number of fused-ring (bicyclic) bond motifs is 1. The van der Waals surface area contributed by atoms with Crippen molar-refractivity contribution in [2.75, 3.05) is 6.54 Å². The summed E-state index contributed by atoms with van der Waals surface area (Å²) in [6.07, 6.45) is 1.87. The molecule has 0 bridgehead atoms. The lowest BCUT2D eigenvalue weighted by Gasteiger charge is -2.10. The highest BCUT2D eigenvalue weighted by molar-refractivity contribution is 6.31. The number of aryl methyl sites for hydroxylation is 1. The molecule has 1 atom stereocenters. The molecule has 1 heterocycles. The Morgan fingerprint density at radius 1 is 1.50 bits per heavy atom. The van der Waals surface area contributed by atoms with Gasteiger partial charge in [-0.25, -0.2) is 0 Å². The number of Topliss-reactive ketones (excluding diaryl/α,β-unsaturated/α-hetero) is 1. The molecular weight excluding hydrogens is 248 g/mol. The van der Waals surface area contributed by atoms with Crippen molar-refractivity contribution in [3.8, 4) is 0 Å². The first kappa shape index (κ1) is 13.1. The van der Waals surface area contributed by atoms with Crippen molar-refractivity contribution in [2.24, 2.45) is 7.05 Å². The lowest BCUT2D eigenvalue weighted by atomic mass is 10.0. The lowest BCUT2D eigenvalue weighted by Crippen LogP contribution is -2.33. The molecule has 4 heteroatoms. The van der Waals surface area contributed by atoms with Crippen LogP contribution in [0.5, 0.6) is 0 Å². The molecular formula is C14H17ClN2O. The molecule has 2 rings (SSSR count). The van der Waals surface area contributed by atoms with E-state index in [0.717, 1.165) is 23.0 Å². The van der Waals surface area contributed by atoms with E-state index in [1.54, 1.807) is 0 Å². The Hall–Kier alpha value is -1.32. The Morgan fingerprint density at radius 3 is 2.89 bits per heavy atom. The average molecular weight is 265 g/mol. The van der Waals surface area contributed by atoms with Gasteiger partial charge in [0.15, 0.2) is 5.78 Å². The molecule has 1 aromatic heterocycles. The van der Waals surface area contributed by atoms with Gasteiger partial charge in [0.2, 0.25) is 0 Å². The number of ketones is 1. The maximum absolute atomic E-state index is 12.4. The quantitative estimate of drug-likeness (QED) is 0.862. The number of rotatable bonds is 4. The van der Waals surface area contributed by atoms with E-state index in [1.165, 1.54) is 0 Å². The second kappa shape index (κ2) is 5.12. The van der Waals surface area contributed by atoms with Crippen LogP contribution >= 0.6 is 11.6 Å². The number of carbonyl (C=O) groups excluding carboxylic acids is 1. The number of halogens is 1. The summed E-state index contributed by atoms with van der Waals surface area (Å²) in [5.41, 5.74) is 1.75. The SMILES string of the molecule is CCNC(C)C(=O)c1cn(C)c2ccc(Cl)cc12. The van der Waals surface area contributed by atoms with Crippen molar-refractivity contribution >= 4 is 28.3 Å². The Morgan fingerprint density at radius 2 is 2.22 bits per heavy atom. The molecule has 3 nitrogen and oxygen atoms in total. The van der Waals surface area contributed by atoms with Gasteiger partial charge in [-0.05, 0) is 31.7 Å². The Labute approximate surface area is 112 Å². The molecule has 0 saturated carbocycles. The van der Waals surface area contributed by atoms with E-state index in [9.17, 15) is 4.79 Å². The van der Waals surface area contributed by atoms with Crippen LogP contribution in [0.1, 0.15) is 24.2 Å². The third-order valence-corrected chi connectivity index (χ3v) is 3.36. The van der Waals surface area contributed by atoms with Crippen molar-refractivity contribution < 1.29 is 4.79 Å². The molecule has 2 aromatic rings. The van der Waals surface area contributed by atoms with Crippen LogP contribution in [0, 0.1) is 0 Å². The summed E-state index contributed by atoms with van der Waals surface area (Å²) in [7, 11) is 1.94. The van der Waals surface area contributed by atoms with E-state index in [4.69, 9.17) is 11.6 Å². The van der Waals surface area contributed by atoms with E-state index in [-0.39, 0.29) is 11.8 Å². The number of aromatic nitrogens is 1. The van der Waals surface area contributed by atoms with Crippen molar-refractivity contribution in [3.63, 3.8) is 0 Å². The zero-order chi connectivity index (χ0) is 13.3. The minimum atomic E-state index is -0.181. The fourth-order valence-corrected chi connectivity index (χ4v) is 2.36. The summed E-state index contributed by atoms with van der Waals surface area (Å²) in [6, 6.07) is 5.45. The highest BCUT2D eigenvalue weighted by Crippen LogP contribution is 2.25. The van der Waals surface area contributed by atoms with Crippen LogP contribution in [0.2, 0.25) is 5.02 Å². The molecule has 18 heavy (non-hydrogen) atoms. The van der Waals surface area contributed by atoms with Crippen LogP contribution in [0.25, 0.3) is 10.9 Å².